The second-order valence-electron chi connectivity index (χ2n) is 5.71. The zero-order valence-electron chi connectivity index (χ0n) is 11.9. The van der Waals surface area contributed by atoms with E-state index in [0.29, 0.717) is 0 Å². The summed E-state index contributed by atoms with van der Waals surface area (Å²) < 4.78 is 0. The van der Waals surface area contributed by atoms with Gasteiger partial charge in [0.25, 0.3) is 0 Å². The highest BCUT2D eigenvalue weighted by molar-refractivity contribution is 5.30. The lowest BCUT2D eigenvalue weighted by Gasteiger charge is -2.36. The van der Waals surface area contributed by atoms with Crippen LogP contribution in [0.4, 0.5) is 5.95 Å². The van der Waals surface area contributed by atoms with Gasteiger partial charge in [-0.05, 0) is 50.8 Å². The van der Waals surface area contributed by atoms with Crippen LogP contribution in [0.3, 0.4) is 0 Å². The Morgan fingerprint density at radius 3 is 2.26 bits per heavy atom. The Labute approximate surface area is 115 Å². The highest BCUT2D eigenvalue weighted by Gasteiger charge is 2.27. The number of anilines is 1. The maximum Gasteiger partial charge on any atom is 0.225 e. The van der Waals surface area contributed by atoms with E-state index in [9.17, 15) is 0 Å². The van der Waals surface area contributed by atoms with Crippen LogP contribution in [-0.2, 0) is 6.42 Å². The SMILES string of the molecule is CCc1cnc(N2CCC(N3CCCC3)CC2)nc1. The average molecular weight is 260 g/mol. The Bertz CT molecular complexity index is 389. The molecule has 0 unspecified atom stereocenters. The zero-order valence-corrected chi connectivity index (χ0v) is 11.9. The molecule has 0 aromatic carbocycles. The Morgan fingerprint density at radius 1 is 1.05 bits per heavy atom. The molecule has 1 aromatic heterocycles. The van der Waals surface area contributed by atoms with Gasteiger partial charge in [0.1, 0.15) is 0 Å². The van der Waals surface area contributed by atoms with Gasteiger partial charge in [-0.1, -0.05) is 6.92 Å². The van der Waals surface area contributed by atoms with Gasteiger partial charge in [0, 0.05) is 31.5 Å². The highest BCUT2D eigenvalue weighted by Crippen LogP contribution is 2.22. The fraction of sp³-hybridized carbons (Fsp3) is 0.733. The molecule has 0 atom stereocenters. The standard InChI is InChI=1S/C15H24N4/c1-2-13-11-16-15(17-12-13)19-9-5-14(6-10-19)18-7-3-4-8-18/h11-12,14H,2-10H2,1H3. The summed E-state index contributed by atoms with van der Waals surface area (Å²) in [5.41, 5.74) is 1.22. The summed E-state index contributed by atoms with van der Waals surface area (Å²) in [7, 11) is 0. The third kappa shape index (κ3) is 2.89. The summed E-state index contributed by atoms with van der Waals surface area (Å²) in [6.45, 7) is 6.97. The second kappa shape index (κ2) is 5.87. The van der Waals surface area contributed by atoms with Gasteiger partial charge in [-0.2, -0.15) is 0 Å². The Morgan fingerprint density at radius 2 is 1.68 bits per heavy atom. The summed E-state index contributed by atoms with van der Waals surface area (Å²) >= 11 is 0. The van der Waals surface area contributed by atoms with Crippen LogP contribution in [0.5, 0.6) is 0 Å². The molecule has 0 bridgehead atoms. The van der Waals surface area contributed by atoms with E-state index in [1.807, 2.05) is 12.4 Å². The quantitative estimate of drug-likeness (QED) is 0.833. The summed E-state index contributed by atoms with van der Waals surface area (Å²) in [5, 5.41) is 0. The van der Waals surface area contributed by atoms with E-state index in [2.05, 4.69) is 26.7 Å². The Hall–Kier alpha value is -1.16. The third-order valence-electron chi connectivity index (χ3n) is 4.50. The fourth-order valence-corrected chi connectivity index (χ4v) is 3.23. The molecule has 2 saturated heterocycles. The van der Waals surface area contributed by atoms with Gasteiger partial charge in [-0.3, -0.25) is 0 Å². The number of aromatic nitrogens is 2. The molecule has 0 saturated carbocycles. The van der Waals surface area contributed by atoms with E-state index in [1.165, 1.54) is 44.3 Å². The van der Waals surface area contributed by atoms with Crippen molar-refractivity contribution >= 4 is 5.95 Å². The number of hydrogen-bond acceptors (Lipinski definition) is 4. The van der Waals surface area contributed by atoms with E-state index in [0.717, 1.165) is 31.5 Å². The lowest BCUT2D eigenvalue weighted by molar-refractivity contribution is 0.207. The minimum absolute atomic E-state index is 0.800. The lowest BCUT2D eigenvalue weighted by Crippen LogP contribution is -2.44. The van der Waals surface area contributed by atoms with Gasteiger partial charge < -0.3 is 9.80 Å². The van der Waals surface area contributed by atoms with Crippen molar-refractivity contribution in [1.82, 2.24) is 14.9 Å². The second-order valence-corrected chi connectivity index (χ2v) is 5.71. The van der Waals surface area contributed by atoms with Gasteiger partial charge in [-0.25, -0.2) is 9.97 Å². The molecule has 2 aliphatic rings. The summed E-state index contributed by atoms with van der Waals surface area (Å²) in [5.74, 6) is 0.914. The van der Waals surface area contributed by atoms with Crippen molar-refractivity contribution in [1.29, 1.82) is 0 Å². The van der Waals surface area contributed by atoms with Crippen molar-refractivity contribution in [2.75, 3.05) is 31.1 Å². The molecule has 0 radical (unpaired) electrons. The fourth-order valence-electron chi connectivity index (χ4n) is 3.23. The number of aryl methyl sites for hydroxylation is 1. The molecule has 0 amide bonds. The van der Waals surface area contributed by atoms with Crippen molar-refractivity contribution < 1.29 is 0 Å². The number of likely N-dealkylation sites (tertiary alicyclic amines) is 1. The Kier molecular flexibility index (Phi) is 3.97. The monoisotopic (exact) mass is 260 g/mol. The Balaban J connectivity index is 1.56. The molecular formula is C15H24N4. The van der Waals surface area contributed by atoms with Crippen LogP contribution < -0.4 is 4.90 Å². The van der Waals surface area contributed by atoms with Gasteiger partial charge in [0.05, 0.1) is 0 Å². The molecule has 19 heavy (non-hydrogen) atoms. The van der Waals surface area contributed by atoms with Crippen LogP contribution >= 0.6 is 0 Å². The summed E-state index contributed by atoms with van der Waals surface area (Å²) in [6.07, 6.45) is 10.3. The van der Waals surface area contributed by atoms with E-state index >= 15 is 0 Å². The van der Waals surface area contributed by atoms with Crippen LogP contribution in [0.1, 0.15) is 38.2 Å². The van der Waals surface area contributed by atoms with E-state index in [1.54, 1.807) is 0 Å². The number of rotatable bonds is 3. The summed E-state index contributed by atoms with van der Waals surface area (Å²) in [6, 6.07) is 0.800. The average Bonchev–Trinajstić information content (AvgIpc) is 3.02. The predicted octanol–water partition coefficient (Wildman–Crippen LogP) is 2.10. The van der Waals surface area contributed by atoms with Crippen molar-refractivity contribution in [3.63, 3.8) is 0 Å². The molecule has 0 aliphatic carbocycles. The van der Waals surface area contributed by atoms with E-state index < -0.39 is 0 Å². The molecule has 3 rings (SSSR count). The topological polar surface area (TPSA) is 32.3 Å². The van der Waals surface area contributed by atoms with Crippen LogP contribution in [0, 0.1) is 0 Å². The lowest BCUT2D eigenvalue weighted by atomic mass is 10.0. The van der Waals surface area contributed by atoms with Crippen molar-refractivity contribution in [2.45, 2.75) is 45.1 Å². The van der Waals surface area contributed by atoms with Crippen molar-refractivity contribution in [3.05, 3.63) is 18.0 Å². The molecule has 0 N–H and O–H groups in total. The molecule has 104 valence electrons. The maximum atomic E-state index is 4.50. The van der Waals surface area contributed by atoms with Gasteiger partial charge in [-0.15, -0.1) is 0 Å². The minimum atomic E-state index is 0.800. The molecule has 1 aromatic rings. The normalized spacial score (nSPS) is 22.1. The largest absolute Gasteiger partial charge is 0.341 e. The van der Waals surface area contributed by atoms with Crippen LogP contribution in [0.2, 0.25) is 0 Å². The first-order valence-electron chi connectivity index (χ1n) is 7.66. The summed E-state index contributed by atoms with van der Waals surface area (Å²) in [4.78, 5) is 14.0. The number of hydrogen-bond donors (Lipinski definition) is 0. The van der Waals surface area contributed by atoms with Crippen molar-refractivity contribution in [3.8, 4) is 0 Å². The van der Waals surface area contributed by atoms with E-state index in [-0.39, 0.29) is 0 Å². The minimum Gasteiger partial charge on any atom is -0.341 e. The molecule has 0 spiro atoms. The van der Waals surface area contributed by atoms with Gasteiger partial charge in [0.15, 0.2) is 0 Å². The van der Waals surface area contributed by atoms with Gasteiger partial charge in [0.2, 0.25) is 5.95 Å². The van der Waals surface area contributed by atoms with Gasteiger partial charge >= 0.3 is 0 Å². The van der Waals surface area contributed by atoms with Crippen LogP contribution in [-0.4, -0.2) is 47.1 Å². The molecular weight excluding hydrogens is 236 g/mol. The first-order chi connectivity index (χ1) is 9.36. The first kappa shape index (κ1) is 12.9. The molecule has 2 aliphatic heterocycles. The third-order valence-corrected chi connectivity index (χ3v) is 4.50. The van der Waals surface area contributed by atoms with Crippen LogP contribution in [0.25, 0.3) is 0 Å². The van der Waals surface area contributed by atoms with Crippen molar-refractivity contribution in [2.24, 2.45) is 0 Å². The van der Waals surface area contributed by atoms with Crippen LogP contribution in [0.15, 0.2) is 12.4 Å². The maximum absolute atomic E-state index is 4.50. The highest BCUT2D eigenvalue weighted by atomic mass is 15.3. The molecule has 4 nitrogen and oxygen atoms in total. The number of piperidine rings is 1. The zero-order chi connectivity index (χ0) is 13.1. The predicted molar refractivity (Wildman–Crippen MR) is 77.5 cm³/mol. The first-order valence-corrected chi connectivity index (χ1v) is 7.66. The molecule has 3 heterocycles. The smallest absolute Gasteiger partial charge is 0.225 e. The molecule has 2 fully saturated rings. The van der Waals surface area contributed by atoms with E-state index in [4.69, 9.17) is 0 Å². The number of nitrogens with zero attached hydrogens (tertiary/aromatic N) is 4. The molecule has 4 heteroatoms.